The van der Waals surface area contributed by atoms with Crippen LogP contribution in [0.15, 0.2) is 5.38 Å². The maximum absolute atomic E-state index is 11.0. The van der Waals surface area contributed by atoms with Crippen LogP contribution in [0, 0.1) is 0 Å². The van der Waals surface area contributed by atoms with Gasteiger partial charge >= 0.3 is 5.97 Å². The Kier molecular flexibility index (Phi) is 6.57. The summed E-state index contributed by atoms with van der Waals surface area (Å²) in [6.07, 6.45) is 2.31. The van der Waals surface area contributed by atoms with Crippen LogP contribution in [0.1, 0.15) is 18.5 Å². The third-order valence-electron chi connectivity index (χ3n) is 2.16. The summed E-state index contributed by atoms with van der Waals surface area (Å²) in [5, 5.41) is 5.93. The van der Waals surface area contributed by atoms with E-state index >= 15 is 0 Å². The van der Waals surface area contributed by atoms with Gasteiger partial charge in [0.05, 0.1) is 19.2 Å². The van der Waals surface area contributed by atoms with Gasteiger partial charge in [0.15, 0.2) is 5.13 Å². The zero-order valence-electron chi connectivity index (χ0n) is 10.2. The Balaban J connectivity index is 2.23. The van der Waals surface area contributed by atoms with E-state index in [1.54, 1.807) is 7.11 Å². The van der Waals surface area contributed by atoms with Gasteiger partial charge in [-0.05, 0) is 12.8 Å². The molecule has 0 aliphatic rings. The van der Waals surface area contributed by atoms with E-state index in [0.29, 0.717) is 0 Å². The molecule has 1 aromatic heterocycles. The van der Waals surface area contributed by atoms with Crippen LogP contribution in [0.4, 0.5) is 5.13 Å². The molecule has 0 aliphatic carbocycles. The summed E-state index contributed by atoms with van der Waals surface area (Å²) in [5.74, 6) is -0.262. The summed E-state index contributed by atoms with van der Waals surface area (Å²) in [6, 6.07) is 0. The summed E-state index contributed by atoms with van der Waals surface area (Å²) in [5.41, 5.74) is 0.751. The maximum Gasteiger partial charge on any atom is 0.311 e. The Morgan fingerprint density at radius 3 is 3.00 bits per heavy atom. The number of methoxy groups -OCH3 is 2. The molecule has 5 nitrogen and oxygen atoms in total. The molecule has 0 amide bonds. The zero-order valence-corrected chi connectivity index (χ0v) is 11.0. The van der Waals surface area contributed by atoms with Crippen LogP contribution >= 0.6 is 11.3 Å². The van der Waals surface area contributed by atoms with Gasteiger partial charge in [-0.2, -0.15) is 0 Å². The highest BCUT2D eigenvalue weighted by atomic mass is 32.1. The van der Waals surface area contributed by atoms with Crippen molar-refractivity contribution in [1.82, 2.24) is 4.98 Å². The molecule has 96 valence electrons. The number of hydrogen-bond donors (Lipinski definition) is 1. The molecule has 1 aromatic rings. The number of carbonyl (C=O) groups excluding carboxylic acids is 1. The number of unbranched alkanes of at least 4 members (excludes halogenated alkanes) is 1. The first-order chi connectivity index (χ1) is 8.26. The number of esters is 1. The van der Waals surface area contributed by atoms with Gasteiger partial charge in [0.2, 0.25) is 0 Å². The second kappa shape index (κ2) is 8.03. The number of nitrogens with zero attached hydrogens (tertiary/aromatic N) is 1. The molecule has 6 heteroatoms. The first-order valence-corrected chi connectivity index (χ1v) is 6.38. The molecule has 0 aromatic carbocycles. The predicted octanol–water partition coefficient (Wildman–Crippen LogP) is 1.70. The first kappa shape index (κ1) is 13.9. The quantitative estimate of drug-likeness (QED) is 0.568. The van der Waals surface area contributed by atoms with Crippen molar-refractivity contribution in [3.63, 3.8) is 0 Å². The van der Waals surface area contributed by atoms with E-state index < -0.39 is 0 Å². The minimum atomic E-state index is -0.262. The highest BCUT2D eigenvalue weighted by Crippen LogP contribution is 2.15. The Morgan fingerprint density at radius 1 is 1.47 bits per heavy atom. The summed E-state index contributed by atoms with van der Waals surface area (Å²) < 4.78 is 9.54. The fourth-order valence-corrected chi connectivity index (χ4v) is 2.00. The average Bonchev–Trinajstić information content (AvgIpc) is 2.76. The van der Waals surface area contributed by atoms with Crippen LogP contribution in [0.25, 0.3) is 0 Å². The second-order valence-corrected chi connectivity index (χ2v) is 4.38. The highest BCUT2D eigenvalue weighted by Gasteiger charge is 2.06. The third-order valence-corrected chi connectivity index (χ3v) is 3.01. The SMILES string of the molecule is COCCCCNc1nc(CC(=O)OC)cs1. The Hall–Kier alpha value is -1.14. The molecule has 0 saturated heterocycles. The molecular formula is C11H18N2O3S. The molecule has 17 heavy (non-hydrogen) atoms. The lowest BCUT2D eigenvalue weighted by atomic mass is 10.3. The number of ether oxygens (including phenoxy) is 2. The predicted molar refractivity (Wildman–Crippen MR) is 67.4 cm³/mol. The van der Waals surface area contributed by atoms with Gasteiger partial charge in [-0.1, -0.05) is 0 Å². The fourth-order valence-electron chi connectivity index (χ4n) is 1.26. The molecule has 0 atom stereocenters. The van der Waals surface area contributed by atoms with Gasteiger partial charge < -0.3 is 14.8 Å². The second-order valence-electron chi connectivity index (χ2n) is 3.52. The van der Waals surface area contributed by atoms with Crippen LogP contribution in [0.5, 0.6) is 0 Å². The van der Waals surface area contributed by atoms with Crippen LogP contribution < -0.4 is 5.32 Å². The van der Waals surface area contributed by atoms with Crippen molar-refractivity contribution in [2.24, 2.45) is 0 Å². The maximum atomic E-state index is 11.0. The monoisotopic (exact) mass is 258 g/mol. The number of nitrogens with one attached hydrogen (secondary N) is 1. The number of carbonyl (C=O) groups is 1. The molecule has 0 spiro atoms. The molecule has 1 N–H and O–H groups in total. The van der Waals surface area contributed by atoms with Crippen LogP contribution in [0.3, 0.4) is 0 Å². The van der Waals surface area contributed by atoms with E-state index in [0.717, 1.165) is 36.8 Å². The Bertz CT molecular complexity index is 341. The summed E-state index contributed by atoms with van der Waals surface area (Å²) in [4.78, 5) is 15.3. The number of thiazole rings is 1. The Labute approximate surface area is 105 Å². The van der Waals surface area contributed by atoms with Crippen LogP contribution in [-0.4, -0.2) is 38.3 Å². The van der Waals surface area contributed by atoms with Crippen LogP contribution in [0.2, 0.25) is 0 Å². The summed E-state index contributed by atoms with van der Waals surface area (Å²) in [6.45, 7) is 1.65. The van der Waals surface area contributed by atoms with E-state index in [1.807, 2.05) is 5.38 Å². The molecular weight excluding hydrogens is 240 g/mol. The summed E-state index contributed by atoms with van der Waals surface area (Å²) in [7, 11) is 3.08. The van der Waals surface area contributed by atoms with E-state index in [2.05, 4.69) is 15.0 Å². The number of aromatic nitrogens is 1. The largest absolute Gasteiger partial charge is 0.469 e. The molecule has 1 rings (SSSR count). The number of rotatable bonds is 8. The molecule has 0 unspecified atom stereocenters. The van der Waals surface area contributed by atoms with E-state index in [-0.39, 0.29) is 12.4 Å². The van der Waals surface area contributed by atoms with Gasteiger partial charge in [-0.3, -0.25) is 4.79 Å². The van der Waals surface area contributed by atoms with Crippen molar-refractivity contribution in [3.8, 4) is 0 Å². The topological polar surface area (TPSA) is 60.5 Å². The van der Waals surface area contributed by atoms with E-state index in [4.69, 9.17) is 4.74 Å². The van der Waals surface area contributed by atoms with Gasteiger partial charge in [0.25, 0.3) is 0 Å². The lowest BCUT2D eigenvalue weighted by Gasteiger charge is -2.01. The smallest absolute Gasteiger partial charge is 0.311 e. The minimum Gasteiger partial charge on any atom is -0.469 e. The average molecular weight is 258 g/mol. The molecule has 1 heterocycles. The minimum absolute atomic E-state index is 0.234. The van der Waals surface area contributed by atoms with Gasteiger partial charge in [0.1, 0.15) is 0 Å². The normalized spacial score (nSPS) is 10.2. The summed E-state index contributed by atoms with van der Waals surface area (Å²) >= 11 is 1.50. The van der Waals surface area contributed by atoms with Crippen molar-refractivity contribution in [2.75, 3.05) is 32.7 Å². The van der Waals surface area contributed by atoms with E-state index in [9.17, 15) is 4.79 Å². The molecule has 0 aliphatic heterocycles. The van der Waals surface area contributed by atoms with Crippen molar-refractivity contribution in [2.45, 2.75) is 19.3 Å². The van der Waals surface area contributed by atoms with Gasteiger partial charge in [-0.25, -0.2) is 4.98 Å². The Morgan fingerprint density at radius 2 is 2.29 bits per heavy atom. The molecule has 0 radical (unpaired) electrons. The van der Waals surface area contributed by atoms with Crippen molar-refractivity contribution in [1.29, 1.82) is 0 Å². The van der Waals surface area contributed by atoms with Crippen LogP contribution in [-0.2, 0) is 20.7 Å². The lowest BCUT2D eigenvalue weighted by Crippen LogP contribution is -2.06. The number of anilines is 1. The number of hydrogen-bond acceptors (Lipinski definition) is 6. The van der Waals surface area contributed by atoms with Gasteiger partial charge in [-0.15, -0.1) is 11.3 Å². The molecule has 0 fully saturated rings. The molecule has 0 bridgehead atoms. The standard InChI is InChI=1S/C11H18N2O3S/c1-15-6-4-3-5-12-11-13-9(8-17-11)7-10(14)16-2/h8H,3-7H2,1-2H3,(H,12,13). The van der Waals surface area contributed by atoms with Crippen molar-refractivity contribution in [3.05, 3.63) is 11.1 Å². The third kappa shape index (κ3) is 5.65. The highest BCUT2D eigenvalue weighted by molar-refractivity contribution is 7.13. The first-order valence-electron chi connectivity index (χ1n) is 5.50. The fraction of sp³-hybridized carbons (Fsp3) is 0.636. The van der Waals surface area contributed by atoms with E-state index in [1.165, 1.54) is 18.4 Å². The molecule has 0 saturated carbocycles. The zero-order chi connectivity index (χ0) is 12.5. The lowest BCUT2D eigenvalue weighted by molar-refractivity contribution is -0.139. The van der Waals surface area contributed by atoms with Crippen molar-refractivity contribution < 1.29 is 14.3 Å². The van der Waals surface area contributed by atoms with Crippen molar-refractivity contribution >= 4 is 22.4 Å². The van der Waals surface area contributed by atoms with Gasteiger partial charge in [0, 0.05) is 25.6 Å².